The summed E-state index contributed by atoms with van der Waals surface area (Å²) in [6, 6.07) is 5.10. The number of aryl methyl sites for hydroxylation is 1. The van der Waals surface area contributed by atoms with Crippen molar-refractivity contribution in [1.82, 2.24) is 0 Å². The highest BCUT2D eigenvalue weighted by atomic mass is 19.1. The number of carbonyl (C=O) groups is 1. The third-order valence-corrected chi connectivity index (χ3v) is 3.23. The lowest BCUT2D eigenvalue weighted by Gasteiger charge is -2.14. The molecule has 0 heterocycles. The summed E-state index contributed by atoms with van der Waals surface area (Å²) in [5.74, 6) is -1.67. The normalized spacial score (nSPS) is 10.5. The SMILES string of the molecule is CC(=O)c1c(C)ccc(Oc2cc(F)cc(N)c2F)c1C. The van der Waals surface area contributed by atoms with Crippen molar-refractivity contribution in [2.75, 3.05) is 5.73 Å². The quantitative estimate of drug-likeness (QED) is 0.682. The van der Waals surface area contributed by atoms with Crippen molar-refractivity contribution in [2.45, 2.75) is 20.8 Å². The first-order valence-corrected chi connectivity index (χ1v) is 6.34. The van der Waals surface area contributed by atoms with Crippen molar-refractivity contribution < 1.29 is 18.3 Å². The molecule has 0 spiro atoms. The van der Waals surface area contributed by atoms with Gasteiger partial charge in [0.15, 0.2) is 17.3 Å². The molecule has 0 aliphatic heterocycles. The topological polar surface area (TPSA) is 52.3 Å². The Morgan fingerprint density at radius 3 is 2.43 bits per heavy atom. The van der Waals surface area contributed by atoms with Crippen LogP contribution in [0.15, 0.2) is 24.3 Å². The van der Waals surface area contributed by atoms with Gasteiger partial charge in [-0.2, -0.15) is 0 Å². The van der Waals surface area contributed by atoms with Crippen LogP contribution in [0.3, 0.4) is 0 Å². The lowest BCUT2D eigenvalue weighted by atomic mass is 9.99. The van der Waals surface area contributed by atoms with Gasteiger partial charge in [0.05, 0.1) is 5.69 Å². The lowest BCUT2D eigenvalue weighted by molar-refractivity contribution is 0.101. The van der Waals surface area contributed by atoms with Crippen LogP contribution in [0.4, 0.5) is 14.5 Å². The molecule has 0 atom stereocenters. The van der Waals surface area contributed by atoms with Gasteiger partial charge in [0.25, 0.3) is 0 Å². The molecule has 0 unspecified atom stereocenters. The fourth-order valence-corrected chi connectivity index (χ4v) is 2.26. The van der Waals surface area contributed by atoms with Gasteiger partial charge in [-0.15, -0.1) is 0 Å². The van der Waals surface area contributed by atoms with Gasteiger partial charge in [-0.1, -0.05) is 6.07 Å². The molecule has 3 nitrogen and oxygen atoms in total. The maximum absolute atomic E-state index is 13.9. The van der Waals surface area contributed by atoms with E-state index in [9.17, 15) is 13.6 Å². The van der Waals surface area contributed by atoms with Crippen LogP contribution in [0.1, 0.15) is 28.4 Å². The van der Waals surface area contributed by atoms with E-state index in [0.29, 0.717) is 11.1 Å². The number of nitrogen functional groups attached to an aromatic ring is 1. The molecule has 0 radical (unpaired) electrons. The van der Waals surface area contributed by atoms with E-state index >= 15 is 0 Å². The second-order valence-corrected chi connectivity index (χ2v) is 4.85. The Labute approximate surface area is 121 Å². The first-order valence-electron chi connectivity index (χ1n) is 6.34. The van der Waals surface area contributed by atoms with E-state index in [2.05, 4.69) is 0 Å². The molecule has 0 saturated heterocycles. The fourth-order valence-electron chi connectivity index (χ4n) is 2.26. The largest absolute Gasteiger partial charge is 0.454 e. The fraction of sp³-hybridized carbons (Fsp3) is 0.188. The zero-order chi connectivity index (χ0) is 15.7. The highest BCUT2D eigenvalue weighted by Gasteiger charge is 2.16. The molecule has 0 aromatic heterocycles. The first-order chi connectivity index (χ1) is 9.81. The van der Waals surface area contributed by atoms with E-state index in [0.717, 1.165) is 17.7 Å². The summed E-state index contributed by atoms with van der Waals surface area (Å²) in [6.45, 7) is 4.94. The van der Waals surface area contributed by atoms with Gasteiger partial charge in [0.2, 0.25) is 0 Å². The Hall–Kier alpha value is -2.43. The van der Waals surface area contributed by atoms with Crippen LogP contribution in [0.2, 0.25) is 0 Å². The highest BCUT2D eigenvalue weighted by Crippen LogP contribution is 2.33. The molecule has 0 saturated carbocycles. The second kappa shape index (κ2) is 5.52. The number of rotatable bonds is 3. The number of benzene rings is 2. The average molecular weight is 291 g/mol. The number of hydrogen-bond donors (Lipinski definition) is 1. The predicted molar refractivity (Wildman–Crippen MR) is 76.8 cm³/mol. The molecule has 0 amide bonds. The number of ketones is 1. The Kier molecular flexibility index (Phi) is 3.93. The predicted octanol–water partition coefficient (Wildman–Crippen LogP) is 4.16. The summed E-state index contributed by atoms with van der Waals surface area (Å²) in [4.78, 5) is 11.7. The van der Waals surface area contributed by atoms with Crippen molar-refractivity contribution in [3.63, 3.8) is 0 Å². The molecule has 2 aromatic rings. The van der Waals surface area contributed by atoms with Gasteiger partial charge < -0.3 is 10.5 Å². The Balaban J connectivity index is 2.51. The molecule has 0 aliphatic carbocycles. The molecule has 2 aromatic carbocycles. The zero-order valence-electron chi connectivity index (χ0n) is 12.0. The smallest absolute Gasteiger partial charge is 0.188 e. The second-order valence-electron chi connectivity index (χ2n) is 4.85. The maximum Gasteiger partial charge on any atom is 0.188 e. The van der Waals surface area contributed by atoms with Crippen LogP contribution in [0.5, 0.6) is 11.5 Å². The monoisotopic (exact) mass is 291 g/mol. The van der Waals surface area contributed by atoms with Gasteiger partial charge in [-0.3, -0.25) is 4.79 Å². The molecule has 5 heteroatoms. The van der Waals surface area contributed by atoms with Crippen molar-refractivity contribution in [3.05, 3.63) is 52.6 Å². The van der Waals surface area contributed by atoms with E-state index in [1.165, 1.54) is 6.92 Å². The summed E-state index contributed by atoms with van der Waals surface area (Å²) in [5.41, 5.74) is 6.92. The summed E-state index contributed by atoms with van der Waals surface area (Å²) in [7, 11) is 0. The van der Waals surface area contributed by atoms with Crippen LogP contribution >= 0.6 is 0 Å². The molecular formula is C16H15F2NO2. The maximum atomic E-state index is 13.9. The van der Waals surface area contributed by atoms with Gasteiger partial charge in [0, 0.05) is 23.3 Å². The van der Waals surface area contributed by atoms with Crippen molar-refractivity contribution in [3.8, 4) is 11.5 Å². The minimum absolute atomic E-state index is 0.116. The summed E-state index contributed by atoms with van der Waals surface area (Å²) in [6.07, 6.45) is 0. The Morgan fingerprint density at radius 2 is 1.81 bits per heavy atom. The number of nitrogens with two attached hydrogens (primary N) is 1. The van der Waals surface area contributed by atoms with E-state index in [1.807, 2.05) is 0 Å². The van der Waals surface area contributed by atoms with Crippen molar-refractivity contribution in [1.29, 1.82) is 0 Å². The van der Waals surface area contributed by atoms with Crippen molar-refractivity contribution >= 4 is 11.5 Å². The number of hydrogen-bond acceptors (Lipinski definition) is 3. The number of anilines is 1. The third kappa shape index (κ3) is 2.86. The zero-order valence-corrected chi connectivity index (χ0v) is 12.0. The number of Topliss-reactive ketones (excluding diaryl/α,β-unsaturated/α-hetero) is 1. The molecule has 2 rings (SSSR count). The highest BCUT2D eigenvalue weighted by molar-refractivity contribution is 5.97. The van der Waals surface area contributed by atoms with E-state index in [-0.39, 0.29) is 23.0 Å². The Bertz CT molecular complexity index is 727. The summed E-state index contributed by atoms with van der Waals surface area (Å²) in [5, 5.41) is 0. The number of ether oxygens (including phenoxy) is 1. The van der Waals surface area contributed by atoms with Crippen LogP contribution in [0.25, 0.3) is 0 Å². The van der Waals surface area contributed by atoms with Crippen LogP contribution in [-0.4, -0.2) is 5.78 Å². The lowest BCUT2D eigenvalue weighted by Crippen LogP contribution is -2.03. The molecule has 0 bridgehead atoms. The van der Waals surface area contributed by atoms with Gasteiger partial charge in [-0.05, 0) is 32.4 Å². The van der Waals surface area contributed by atoms with E-state index < -0.39 is 11.6 Å². The Morgan fingerprint density at radius 1 is 1.14 bits per heavy atom. The molecule has 2 N–H and O–H groups in total. The van der Waals surface area contributed by atoms with E-state index in [4.69, 9.17) is 10.5 Å². The molecule has 21 heavy (non-hydrogen) atoms. The number of halogens is 2. The molecule has 110 valence electrons. The minimum Gasteiger partial charge on any atom is -0.454 e. The standard InChI is InChI=1S/C16H15F2NO2/c1-8-4-5-13(9(2)15(8)10(3)20)21-14-7-11(17)6-12(19)16(14)18/h4-7H,19H2,1-3H3. The van der Waals surface area contributed by atoms with Crippen molar-refractivity contribution in [2.24, 2.45) is 0 Å². The first kappa shape index (κ1) is 15.0. The third-order valence-electron chi connectivity index (χ3n) is 3.23. The molecule has 0 fully saturated rings. The minimum atomic E-state index is -0.833. The number of carbonyl (C=O) groups excluding carboxylic acids is 1. The average Bonchev–Trinajstić information content (AvgIpc) is 2.38. The van der Waals surface area contributed by atoms with Crippen LogP contribution in [-0.2, 0) is 0 Å². The van der Waals surface area contributed by atoms with Gasteiger partial charge in [-0.25, -0.2) is 8.78 Å². The molecular weight excluding hydrogens is 276 g/mol. The summed E-state index contributed by atoms with van der Waals surface area (Å²) < 4.78 is 32.6. The van der Waals surface area contributed by atoms with E-state index in [1.54, 1.807) is 26.0 Å². The molecule has 0 aliphatic rings. The summed E-state index contributed by atoms with van der Waals surface area (Å²) >= 11 is 0. The van der Waals surface area contributed by atoms with Crippen LogP contribution < -0.4 is 10.5 Å². The van der Waals surface area contributed by atoms with Gasteiger partial charge >= 0.3 is 0 Å². The van der Waals surface area contributed by atoms with Crippen LogP contribution in [0, 0.1) is 25.5 Å². The van der Waals surface area contributed by atoms with Gasteiger partial charge in [0.1, 0.15) is 11.6 Å².